The van der Waals surface area contributed by atoms with Crippen LogP contribution in [0.25, 0.3) is 6.08 Å². The highest BCUT2D eigenvalue weighted by atomic mass is 35.5. The maximum absolute atomic E-state index is 13.3. The molecule has 0 atom stereocenters. The fourth-order valence-electron chi connectivity index (χ4n) is 3.59. The van der Waals surface area contributed by atoms with E-state index in [9.17, 15) is 9.59 Å². The van der Waals surface area contributed by atoms with Crippen LogP contribution < -0.4 is 19.9 Å². The third kappa shape index (κ3) is 5.06. The number of rotatable bonds is 5. The molecule has 0 spiro atoms. The molecule has 0 unspecified atom stereocenters. The van der Waals surface area contributed by atoms with Crippen molar-refractivity contribution in [1.29, 1.82) is 0 Å². The summed E-state index contributed by atoms with van der Waals surface area (Å²) >= 11 is 13.0. The summed E-state index contributed by atoms with van der Waals surface area (Å²) in [5, 5.41) is 3.53. The molecule has 35 heavy (non-hydrogen) atoms. The first kappa shape index (κ1) is 23.4. The van der Waals surface area contributed by atoms with Gasteiger partial charge in [0.25, 0.3) is 11.8 Å². The molecule has 0 aliphatic carbocycles. The van der Waals surface area contributed by atoms with Gasteiger partial charge in [-0.2, -0.15) is 0 Å². The van der Waals surface area contributed by atoms with Crippen LogP contribution in [0.15, 0.2) is 60.2 Å². The molecule has 1 N–H and O–H groups in total. The lowest BCUT2D eigenvalue weighted by Gasteiger charge is -2.29. The van der Waals surface area contributed by atoms with E-state index in [4.69, 9.17) is 33.3 Å². The number of thiocarbonyl (C=S) groups is 1. The zero-order chi connectivity index (χ0) is 24.4. The number of carbonyl (C=O) groups excluding carboxylic acids is 2. The van der Waals surface area contributed by atoms with Crippen molar-refractivity contribution in [2.24, 2.45) is 0 Å². The van der Waals surface area contributed by atoms with Crippen LogP contribution in [-0.2, 0) is 14.3 Å². The van der Waals surface area contributed by atoms with Gasteiger partial charge in [0, 0.05) is 13.1 Å². The van der Waals surface area contributed by atoms with Crippen molar-refractivity contribution in [2.45, 2.75) is 0 Å². The average molecular weight is 527 g/mol. The summed E-state index contributed by atoms with van der Waals surface area (Å²) < 4.78 is 11.2. The van der Waals surface area contributed by atoms with E-state index in [-0.39, 0.29) is 15.8 Å². The van der Waals surface area contributed by atoms with Gasteiger partial charge in [-0.15, -0.1) is 0 Å². The quantitative estimate of drug-likeness (QED) is 0.302. The van der Waals surface area contributed by atoms with Crippen LogP contribution in [0.3, 0.4) is 0 Å². The molecule has 5 rings (SSSR count). The van der Waals surface area contributed by atoms with Gasteiger partial charge in [0.1, 0.15) is 22.2 Å². The molecule has 2 saturated heterocycles. The lowest BCUT2D eigenvalue weighted by atomic mass is 10.1. The molecule has 1 aromatic heterocycles. The van der Waals surface area contributed by atoms with Crippen molar-refractivity contribution in [3.05, 3.63) is 70.2 Å². The number of hydrogen-bond acceptors (Lipinski definition) is 8. The molecule has 0 saturated carbocycles. The molecule has 2 amide bonds. The van der Waals surface area contributed by atoms with Crippen molar-refractivity contribution in [1.82, 2.24) is 10.3 Å². The van der Waals surface area contributed by atoms with Crippen LogP contribution in [0.1, 0.15) is 4.88 Å². The monoisotopic (exact) mass is 526 g/mol. The average Bonchev–Trinajstić information content (AvgIpc) is 3.24. The summed E-state index contributed by atoms with van der Waals surface area (Å²) in [4.78, 5) is 34.2. The van der Waals surface area contributed by atoms with Gasteiger partial charge in [-0.1, -0.05) is 41.1 Å². The summed E-state index contributed by atoms with van der Waals surface area (Å²) in [6, 6.07) is 16.2. The minimum atomic E-state index is -0.585. The zero-order valence-corrected chi connectivity index (χ0v) is 20.7. The van der Waals surface area contributed by atoms with Crippen LogP contribution in [0, 0.1) is 0 Å². The van der Waals surface area contributed by atoms with E-state index in [1.165, 1.54) is 22.3 Å². The van der Waals surface area contributed by atoms with Gasteiger partial charge in [-0.25, -0.2) is 4.98 Å². The first-order valence-electron chi connectivity index (χ1n) is 10.7. The van der Waals surface area contributed by atoms with Crippen molar-refractivity contribution < 1.29 is 19.1 Å². The molecule has 178 valence electrons. The lowest BCUT2D eigenvalue weighted by molar-refractivity contribution is -0.122. The number of nitrogens with zero attached hydrogens (tertiary/aromatic N) is 3. The number of para-hydroxylation sites is 1. The van der Waals surface area contributed by atoms with Gasteiger partial charge in [-0.05, 0) is 54.7 Å². The number of benzene rings is 2. The summed E-state index contributed by atoms with van der Waals surface area (Å²) in [7, 11) is 0. The van der Waals surface area contributed by atoms with Crippen LogP contribution >= 0.6 is 35.2 Å². The summed E-state index contributed by atoms with van der Waals surface area (Å²) in [5.41, 5.74) is 0.415. The highest BCUT2D eigenvalue weighted by Crippen LogP contribution is 2.33. The van der Waals surface area contributed by atoms with Crippen molar-refractivity contribution in [3.63, 3.8) is 0 Å². The van der Waals surface area contributed by atoms with Gasteiger partial charge in [-0.3, -0.25) is 19.8 Å². The predicted molar refractivity (Wildman–Crippen MR) is 139 cm³/mol. The maximum atomic E-state index is 13.3. The number of hydrogen-bond donors (Lipinski definition) is 1. The first-order valence-corrected chi connectivity index (χ1v) is 12.3. The molecular formula is C24H19ClN4O4S2. The third-order valence-corrected chi connectivity index (χ3v) is 7.08. The molecular weight excluding hydrogens is 508 g/mol. The van der Waals surface area contributed by atoms with E-state index in [2.05, 4.69) is 15.2 Å². The Morgan fingerprint density at radius 2 is 1.74 bits per heavy atom. The molecule has 11 heteroatoms. The Bertz CT molecular complexity index is 1300. The van der Waals surface area contributed by atoms with Gasteiger partial charge < -0.3 is 14.4 Å². The highest BCUT2D eigenvalue weighted by Gasteiger charge is 2.35. The molecule has 3 heterocycles. The number of anilines is 2. The molecule has 2 aliphatic rings. The minimum Gasteiger partial charge on any atom is -0.457 e. The number of thiazole rings is 1. The van der Waals surface area contributed by atoms with E-state index < -0.39 is 11.8 Å². The van der Waals surface area contributed by atoms with Gasteiger partial charge in [0.05, 0.1) is 23.8 Å². The first-order chi connectivity index (χ1) is 17.0. The molecule has 2 aliphatic heterocycles. The van der Waals surface area contributed by atoms with E-state index in [0.29, 0.717) is 48.4 Å². The van der Waals surface area contributed by atoms with Crippen molar-refractivity contribution in [3.8, 4) is 11.5 Å². The van der Waals surface area contributed by atoms with E-state index >= 15 is 0 Å². The van der Waals surface area contributed by atoms with Crippen molar-refractivity contribution >= 4 is 69.0 Å². The van der Waals surface area contributed by atoms with Crippen molar-refractivity contribution in [2.75, 3.05) is 36.1 Å². The Morgan fingerprint density at radius 1 is 1.06 bits per heavy atom. The van der Waals surface area contributed by atoms with E-state index in [1.807, 2.05) is 30.3 Å². The topological polar surface area (TPSA) is 84.0 Å². The fourth-order valence-corrected chi connectivity index (χ4v) is 5.13. The largest absolute Gasteiger partial charge is 0.457 e. The van der Waals surface area contributed by atoms with Gasteiger partial charge >= 0.3 is 0 Å². The van der Waals surface area contributed by atoms with Crippen LogP contribution in [0.2, 0.25) is 5.15 Å². The molecule has 0 radical (unpaired) electrons. The van der Waals surface area contributed by atoms with Crippen LogP contribution in [0.4, 0.5) is 10.8 Å². The van der Waals surface area contributed by atoms with E-state index in [0.717, 1.165) is 5.13 Å². The highest BCUT2D eigenvalue weighted by molar-refractivity contribution is 7.80. The number of aromatic nitrogens is 1. The lowest BCUT2D eigenvalue weighted by Crippen LogP contribution is -2.54. The number of ether oxygens (including phenoxy) is 2. The molecule has 0 bridgehead atoms. The molecule has 8 nitrogen and oxygen atoms in total. The number of carbonyl (C=O) groups is 2. The SMILES string of the molecule is O=C1NC(=S)N(c2ccc(Oc3ccccc3)cc2)C(=O)C1=Cc1sc(N2CCOCC2)nc1Cl. The second-order valence-corrected chi connectivity index (χ2v) is 9.37. The zero-order valence-electron chi connectivity index (χ0n) is 18.3. The molecule has 2 aromatic carbocycles. The Morgan fingerprint density at radius 3 is 2.46 bits per heavy atom. The predicted octanol–water partition coefficient (Wildman–Crippen LogP) is 4.26. The van der Waals surface area contributed by atoms with Gasteiger partial charge in [0.15, 0.2) is 10.2 Å². The Balaban J connectivity index is 1.39. The second kappa shape index (κ2) is 10.1. The third-order valence-electron chi connectivity index (χ3n) is 5.33. The van der Waals surface area contributed by atoms with E-state index in [1.54, 1.807) is 24.3 Å². The number of amides is 2. The Labute approximate surface area is 215 Å². The normalized spacial score (nSPS) is 17.6. The van der Waals surface area contributed by atoms with Gasteiger partial charge in [0.2, 0.25) is 0 Å². The number of morpholine rings is 1. The maximum Gasteiger partial charge on any atom is 0.270 e. The second-order valence-electron chi connectivity index (χ2n) is 7.62. The number of halogens is 1. The fraction of sp³-hybridized carbons (Fsp3) is 0.167. The van der Waals surface area contributed by atoms with Crippen LogP contribution in [-0.4, -0.2) is 48.2 Å². The smallest absolute Gasteiger partial charge is 0.270 e. The summed E-state index contributed by atoms with van der Waals surface area (Å²) in [6.07, 6.45) is 1.46. The summed E-state index contributed by atoms with van der Waals surface area (Å²) in [6.45, 7) is 2.61. The van der Waals surface area contributed by atoms with Crippen LogP contribution in [0.5, 0.6) is 11.5 Å². The number of nitrogens with one attached hydrogen (secondary N) is 1. The molecule has 2 fully saturated rings. The Kier molecular flexibility index (Phi) is 6.78. The summed E-state index contributed by atoms with van der Waals surface area (Å²) in [5.74, 6) is 0.160. The minimum absolute atomic E-state index is 0.00159. The Hall–Kier alpha value is -3.31. The standard InChI is InChI=1S/C24H19ClN4O4S2/c25-20-19(35-24(26-20)28-10-12-32-13-11-28)14-18-21(30)27-23(34)29(22(18)31)15-6-8-17(9-7-15)33-16-4-2-1-3-5-16/h1-9,14H,10-13H2,(H,27,30,34). The molecule has 3 aromatic rings.